The summed E-state index contributed by atoms with van der Waals surface area (Å²) in [5, 5.41) is 3.70. The van der Waals surface area contributed by atoms with Crippen LogP contribution in [0.15, 0.2) is 0 Å². The van der Waals surface area contributed by atoms with Crippen LogP contribution in [-0.4, -0.2) is 49.7 Å². The van der Waals surface area contributed by atoms with Crippen LogP contribution in [-0.2, 0) is 9.53 Å². The predicted molar refractivity (Wildman–Crippen MR) is 73.9 cm³/mol. The second-order valence-corrected chi connectivity index (χ2v) is 6.34. The molecule has 0 aromatic heterocycles. The van der Waals surface area contributed by atoms with E-state index in [0.717, 1.165) is 64.4 Å². The summed E-state index contributed by atoms with van der Waals surface area (Å²) in [6, 6.07) is 0.617. The number of rotatable bonds is 4. The molecule has 2 aliphatic heterocycles. The van der Waals surface area contributed by atoms with Crippen molar-refractivity contribution in [1.82, 2.24) is 10.2 Å². The third-order valence-electron chi connectivity index (χ3n) is 4.77. The zero-order valence-corrected chi connectivity index (χ0v) is 11.8. The lowest BCUT2D eigenvalue weighted by Crippen LogP contribution is -2.46. The maximum atomic E-state index is 12.0. The second-order valence-electron chi connectivity index (χ2n) is 6.34. The van der Waals surface area contributed by atoms with Crippen LogP contribution in [0.25, 0.3) is 0 Å². The number of carbonyl (C=O) groups excluding carboxylic acids is 1. The average Bonchev–Trinajstić information content (AvgIpc) is 3.31. The molecule has 108 valence electrons. The molecule has 0 spiro atoms. The summed E-state index contributed by atoms with van der Waals surface area (Å²) in [7, 11) is 0. The topological polar surface area (TPSA) is 41.6 Å². The molecule has 4 heteroatoms. The van der Waals surface area contributed by atoms with Gasteiger partial charge in [0.2, 0.25) is 5.91 Å². The highest BCUT2D eigenvalue weighted by molar-refractivity contribution is 5.81. The molecule has 1 N–H and O–H groups in total. The molecule has 0 aromatic rings. The standard InChI is InChI=1S/C15H26N2O2/c18-15(13-1-2-13)17-7-3-14(4-8-17)16-11-12-5-9-19-10-6-12/h12-14,16H,1-11H2. The zero-order chi connectivity index (χ0) is 13.1. The molecule has 1 amide bonds. The van der Waals surface area contributed by atoms with Crippen molar-refractivity contribution in [3.8, 4) is 0 Å². The van der Waals surface area contributed by atoms with Gasteiger partial charge in [-0.15, -0.1) is 0 Å². The molecule has 2 saturated heterocycles. The van der Waals surface area contributed by atoms with E-state index in [4.69, 9.17) is 4.74 Å². The van der Waals surface area contributed by atoms with E-state index < -0.39 is 0 Å². The summed E-state index contributed by atoms with van der Waals surface area (Å²) in [4.78, 5) is 14.1. The Balaban J connectivity index is 1.34. The molecule has 0 atom stereocenters. The summed E-state index contributed by atoms with van der Waals surface area (Å²) >= 11 is 0. The van der Waals surface area contributed by atoms with Crippen molar-refractivity contribution < 1.29 is 9.53 Å². The number of hydrogen-bond donors (Lipinski definition) is 1. The van der Waals surface area contributed by atoms with E-state index in [1.807, 2.05) is 0 Å². The summed E-state index contributed by atoms with van der Waals surface area (Å²) in [5.41, 5.74) is 0. The first-order chi connectivity index (χ1) is 9.33. The fraction of sp³-hybridized carbons (Fsp3) is 0.933. The summed E-state index contributed by atoms with van der Waals surface area (Å²) in [6.45, 7) is 4.91. The van der Waals surface area contributed by atoms with E-state index in [9.17, 15) is 4.79 Å². The van der Waals surface area contributed by atoms with Crippen LogP contribution in [0.1, 0.15) is 38.5 Å². The van der Waals surface area contributed by atoms with Gasteiger partial charge >= 0.3 is 0 Å². The molecule has 2 heterocycles. The number of piperidine rings is 1. The molecule has 19 heavy (non-hydrogen) atoms. The Hall–Kier alpha value is -0.610. The van der Waals surface area contributed by atoms with Crippen LogP contribution in [0, 0.1) is 11.8 Å². The van der Waals surface area contributed by atoms with Gasteiger partial charge < -0.3 is 15.0 Å². The predicted octanol–water partition coefficient (Wildman–Crippen LogP) is 1.40. The fourth-order valence-electron chi connectivity index (χ4n) is 3.18. The number of carbonyl (C=O) groups is 1. The van der Waals surface area contributed by atoms with Gasteiger partial charge in [-0.05, 0) is 51.0 Å². The molecular formula is C15H26N2O2. The second kappa shape index (κ2) is 6.23. The first kappa shape index (κ1) is 13.4. The smallest absolute Gasteiger partial charge is 0.225 e. The molecule has 4 nitrogen and oxygen atoms in total. The van der Waals surface area contributed by atoms with Gasteiger partial charge in [0.1, 0.15) is 0 Å². The lowest BCUT2D eigenvalue weighted by molar-refractivity contribution is -0.133. The zero-order valence-electron chi connectivity index (χ0n) is 11.8. The minimum Gasteiger partial charge on any atom is -0.381 e. The van der Waals surface area contributed by atoms with Crippen molar-refractivity contribution in [3.05, 3.63) is 0 Å². The van der Waals surface area contributed by atoms with E-state index in [0.29, 0.717) is 17.9 Å². The van der Waals surface area contributed by atoms with Gasteiger partial charge in [-0.3, -0.25) is 4.79 Å². The van der Waals surface area contributed by atoms with Gasteiger partial charge in [0, 0.05) is 38.3 Å². The molecule has 3 aliphatic rings. The van der Waals surface area contributed by atoms with Gasteiger partial charge in [-0.25, -0.2) is 0 Å². The van der Waals surface area contributed by atoms with E-state index >= 15 is 0 Å². The van der Waals surface area contributed by atoms with Crippen molar-refractivity contribution in [2.45, 2.75) is 44.6 Å². The first-order valence-electron chi connectivity index (χ1n) is 7.93. The SMILES string of the molecule is O=C(C1CC1)N1CCC(NCC2CCOCC2)CC1. The van der Waals surface area contributed by atoms with Crippen molar-refractivity contribution in [1.29, 1.82) is 0 Å². The Morgan fingerprint density at radius 3 is 2.37 bits per heavy atom. The Morgan fingerprint density at radius 1 is 1.05 bits per heavy atom. The van der Waals surface area contributed by atoms with Crippen LogP contribution >= 0.6 is 0 Å². The van der Waals surface area contributed by atoms with Crippen LogP contribution < -0.4 is 5.32 Å². The number of likely N-dealkylation sites (tertiary alicyclic amines) is 1. The third-order valence-corrected chi connectivity index (χ3v) is 4.77. The lowest BCUT2D eigenvalue weighted by Gasteiger charge is -2.34. The molecule has 3 rings (SSSR count). The Bertz CT molecular complexity index is 303. The van der Waals surface area contributed by atoms with Crippen LogP contribution in [0.5, 0.6) is 0 Å². The molecule has 0 radical (unpaired) electrons. The third kappa shape index (κ3) is 3.69. The van der Waals surface area contributed by atoms with E-state index in [1.54, 1.807) is 0 Å². The van der Waals surface area contributed by atoms with Crippen molar-refractivity contribution in [2.75, 3.05) is 32.8 Å². The quantitative estimate of drug-likeness (QED) is 0.836. The summed E-state index contributed by atoms with van der Waals surface area (Å²) < 4.78 is 5.39. The monoisotopic (exact) mass is 266 g/mol. The maximum Gasteiger partial charge on any atom is 0.225 e. The minimum absolute atomic E-state index is 0.381. The van der Waals surface area contributed by atoms with Crippen molar-refractivity contribution >= 4 is 5.91 Å². The molecule has 0 bridgehead atoms. The normalized spacial score (nSPS) is 26.6. The summed E-state index contributed by atoms with van der Waals surface area (Å²) in [6.07, 6.45) is 6.91. The number of hydrogen-bond acceptors (Lipinski definition) is 3. The van der Waals surface area contributed by atoms with Crippen molar-refractivity contribution in [3.63, 3.8) is 0 Å². The van der Waals surface area contributed by atoms with E-state index in [1.165, 1.54) is 12.8 Å². The van der Waals surface area contributed by atoms with Gasteiger partial charge in [0.15, 0.2) is 0 Å². The average molecular weight is 266 g/mol. The van der Waals surface area contributed by atoms with Crippen LogP contribution in [0.3, 0.4) is 0 Å². The minimum atomic E-state index is 0.381. The van der Waals surface area contributed by atoms with Gasteiger partial charge in [-0.1, -0.05) is 0 Å². The molecular weight excluding hydrogens is 240 g/mol. The lowest BCUT2D eigenvalue weighted by atomic mass is 9.98. The van der Waals surface area contributed by atoms with Gasteiger partial charge in [-0.2, -0.15) is 0 Å². The molecule has 3 fully saturated rings. The highest BCUT2D eigenvalue weighted by atomic mass is 16.5. The van der Waals surface area contributed by atoms with Crippen LogP contribution in [0.4, 0.5) is 0 Å². The maximum absolute atomic E-state index is 12.0. The molecule has 1 saturated carbocycles. The van der Waals surface area contributed by atoms with E-state index in [-0.39, 0.29) is 0 Å². The molecule has 0 unspecified atom stereocenters. The Labute approximate surface area is 115 Å². The summed E-state index contributed by atoms with van der Waals surface area (Å²) in [5.74, 6) is 1.59. The van der Waals surface area contributed by atoms with E-state index in [2.05, 4.69) is 10.2 Å². The fourth-order valence-corrected chi connectivity index (χ4v) is 3.18. The molecule has 1 aliphatic carbocycles. The number of nitrogens with zero attached hydrogens (tertiary/aromatic N) is 1. The molecule has 0 aromatic carbocycles. The Morgan fingerprint density at radius 2 is 1.74 bits per heavy atom. The highest BCUT2D eigenvalue weighted by Gasteiger charge is 2.34. The number of amides is 1. The van der Waals surface area contributed by atoms with Crippen molar-refractivity contribution in [2.24, 2.45) is 11.8 Å². The number of nitrogens with one attached hydrogen (secondary N) is 1. The highest BCUT2D eigenvalue weighted by Crippen LogP contribution is 2.31. The van der Waals surface area contributed by atoms with Gasteiger partial charge in [0.25, 0.3) is 0 Å². The van der Waals surface area contributed by atoms with Crippen LogP contribution in [0.2, 0.25) is 0 Å². The first-order valence-corrected chi connectivity index (χ1v) is 7.93. The number of ether oxygens (including phenoxy) is 1. The van der Waals surface area contributed by atoms with Gasteiger partial charge in [0.05, 0.1) is 0 Å². The largest absolute Gasteiger partial charge is 0.381 e. The Kier molecular flexibility index (Phi) is 4.38.